The molecule has 1 saturated heterocycles. The highest BCUT2D eigenvalue weighted by Crippen LogP contribution is 2.42. The van der Waals surface area contributed by atoms with E-state index in [2.05, 4.69) is 34.3 Å². The lowest BCUT2D eigenvalue weighted by atomic mass is 9.88. The molecule has 11 heavy (non-hydrogen) atoms. The molecule has 0 radical (unpaired) electrons. The zero-order valence-electron chi connectivity index (χ0n) is 7.98. The van der Waals surface area contributed by atoms with E-state index >= 15 is 0 Å². The minimum absolute atomic E-state index is 0.0226. The van der Waals surface area contributed by atoms with E-state index in [1.54, 1.807) is 0 Å². The number of hydrogen-bond acceptors (Lipinski definition) is 1. The Labute approximate surface area is 69.4 Å². The van der Waals surface area contributed by atoms with Gasteiger partial charge in [-0.2, -0.15) is 0 Å². The van der Waals surface area contributed by atoms with E-state index in [-0.39, 0.29) is 11.2 Å². The molecule has 64 valence electrons. The Balaban J connectivity index is 2.79. The summed E-state index contributed by atoms with van der Waals surface area (Å²) in [6.45, 7) is 12.4. The van der Waals surface area contributed by atoms with E-state index in [0.717, 1.165) is 6.42 Å². The SMILES string of the molecule is C=CC1CC(C)(C)OC1(C)C. The van der Waals surface area contributed by atoms with Crippen LogP contribution in [0.25, 0.3) is 0 Å². The molecule has 1 unspecified atom stereocenters. The summed E-state index contributed by atoms with van der Waals surface area (Å²) in [6, 6.07) is 0. The number of ether oxygens (including phenoxy) is 1. The lowest BCUT2D eigenvalue weighted by Crippen LogP contribution is -2.28. The summed E-state index contributed by atoms with van der Waals surface area (Å²) in [6.07, 6.45) is 3.10. The molecule has 0 amide bonds. The van der Waals surface area contributed by atoms with Gasteiger partial charge in [0.1, 0.15) is 0 Å². The van der Waals surface area contributed by atoms with Crippen LogP contribution in [0.5, 0.6) is 0 Å². The Bertz CT molecular complexity index is 168. The Morgan fingerprint density at radius 1 is 1.36 bits per heavy atom. The van der Waals surface area contributed by atoms with Crippen LogP contribution in [-0.4, -0.2) is 11.2 Å². The zero-order valence-corrected chi connectivity index (χ0v) is 7.98. The van der Waals surface area contributed by atoms with Gasteiger partial charge in [-0.1, -0.05) is 6.08 Å². The fourth-order valence-electron chi connectivity index (χ4n) is 1.97. The zero-order chi connectivity index (χ0) is 8.70. The van der Waals surface area contributed by atoms with E-state index in [4.69, 9.17) is 4.74 Å². The first-order valence-electron chi connectivity index (χ1n) is 4.20. The van der Waals surface area contributed by atoms with Crippen molar-refractivity contribution in [2.75, 3.05) is 0 Å². The lowest BCUT2D eigenvalue weighted by molar-refractivity contribution is -0.0705. The van der Waals surface area contributed by atoms with Crippen molar-refractivity contribution in [1.29, 1.82) is 0 Å². The monoisotopic (exact) mass is 154 g/mol. The average Bonchev–Trinajstić information content (AvgIpc) is 1.99. The highest BCUT2D eigenvalue weighted by atomic mass is 16.5. The van der Waals surface area contributed by atoms with E-state index < -0.39 is 0 Å². The standard InChI is InChI=1S/C10H18O/c1-6-8-7-9(2,3)11-10(8,4)5/h6,8H,1,7H2,2-5H3. The third-order valence-corrected chi connectivity index (χ3v) is 2.43. The topological polar surface area (TPSA) is 9.23 Å². The molecule has 0 aliphatic carbocycles. The molecule has 0 aromatic rings. The molecule has 1 heteroatoms. The Morgan fingerprint density at radius 2 is 1.91 bits per heavy atom. The molecule has 0 saturated carbocycles. The summed E-state index contributed by atoms with van der Waals surface area (Å²) in [5, 5.41) is 0. The fraction of sp³-hybridized carbons (Fsp3) is 0.800. The summed E-state index contributed by atoms with van der Waals surface area (Å²) in [4.78, 5) is 0. The largest absolute Gasteiger partial charge is 0.369 e. The third-order valence-electron chi connectivity index (χ3n) is 2.43. The van der Waals surface area contributed by atoms with Crippen LogP contribution >= 0.6 is 0 Å². The summed E-state index contributed by atoms with van der Waals surface area (Å²) < 4.78 is 5.87. The molecule has 0 aromatic carbocycles. The molecule has 0 spiro atoms. The van der Waals surface area contributed by atoms with Crippen molar-refractivity contribution in [3.05, 3.63) is 12.7 Å². The van der Waals surface area contributed by atoms with Crippen molar-refractivity contribution >= 4 is 0 Å². The van der Waals surface area contributed by atoms with Crippen LogP contribution < -0.4 is 0 Å². The van der Waals surface area contributed by atoms with Crippen LogP contribution in [-0.2, 0) is 4.74 Å². The van der Waals surface area contributed by atoms with Crippen LogP contribution in [0, 0.1) is 5.92 Å². The van der Waals surface area contributed by atoms with Crippen LogP contribution in [0.1, 0.15) is 34.1 Å². The van der Waals surface area contributed by atoms with Gasteiger partial charge in [0.2, 0.25) is 0 Å². The summed E-state index contributed by atoms with van der Waals surface area (Å²) in [5.41, 5.74) is 0.00755. The molecule has 0 aromatic heterocycles. The highest BCUT2D eigenvalue weighted by Gasteiger charge is 2.43. The van der Waals surface area contributed by atoms with Gasteiger partial charge in [-0.25, -0.2) is 0 Å². The van der Waals surface area contributed by atoms with Crippen LogP contribution in [0.15, 0.2) is 12.7 Å². The summed E-state index contributed by atoms with van der Waals surface area (Å²) >= 11 is 0. The smallest absolute Gasteiger partial charge is 0.0697 e. The van der Waals surface area contributed by atoms with Crippen LogP contribution in [0.3, 0.4) is 0 Å². The first-order valence-corrected chi connectivity index (χ1v) is 4.20. The second-order valence-electron chi connectivity index (χ2n) is 4.51. The minimum Gasteiger partial charge on any atom is -0.369 e. The predicted octanol–water partition coefficient (Wildman–Crippen LogP) is 2.77. The first-order chi connectivity index (χ1) is 4.87. The molecule has 1 fully saturated rings. The molecular weight excluding hydrogens is 136 g/mol. The maximum Gasteiger partial charge on any atom is 0.0697 e. The van der Waals surface area contributed by atoms with Crippen molar-refractivity contribution in [2.45, 2.75) is 45.3 Å². The van der Waals surface area contributed by atoms with Gasteiger partial charge in [0.25, 0.3) is 0 Å². The molecule has 1 rings (SSSR count). The van der Waals surface area contributed by atoms with Crippen molar-refractivity contribution in [1.82, 2.24) is 0 Å². The minimum atomic E-state index is -0.0226. The number of rotatable bonds is 1. The van der Waals surface area contributed by atoms with Gasteiger partial charge < -0.3 is 4.74 Å². The van der Waals surface area contributed by atoms with Gasteiger partial charge in [0.05, 0.1) is 11.2 Å². The van der Waals surface area contributed by atoms with Gasteiger partial charge in [-0.15, -0.1) is 6.58 Å². The van der Waals surface area contributed by atoms with E-state index in [0.29, 0.717) is 5.92 Å². The van der Waals surface area contributed by atoms with Crippen LogP contribution in [0.2, 0.25) is 0 Å². The molecule has 1 heterocycles. The van der Waals surface area contributed by atoms with E-state index in [1.807, 2.05) is 6.08 Å². The van der Waals surface area contributed by atoms with Gasteiger partial charge in [-0.05, 0) is 34.1 Å². The Morgan fingerprint density at radius 3 is 2.09 bits per heavy atom. The summed E-state index contributed by atoms with van der Waals surface area (Å²) in [7, 11) is 0. The second kappa shape index (κ2) is 2.34. The highest BCUT2D eigenvalue weighted by molar-refractivity contribution is 5.01. The average molecular weight is 154 g/mol. The van der Waals surface area contributed by atoms with Crippen LogP contribution in [0.4, 0.5) is 0 Å². The summed E-state index contributed by atoms with van der Waals surface area (Å²) in [5.74, 6) is 0.498. The normalized spacial score (nSPS) is 33.6. The van der Waals surface area contributed by atoms with E-state index in [9.17, 15) is 0 Å². The lowest BCUT2D eigenvalue weighted by Gasteiger charge is -2.25. The quantitative estimate of drug-likeness (QED) is 0.528. The van der Waals surface area contributed by atoms with Crippen molar-refractivity contribution in [2.24, 2.45) is 5.92 Å². The molecular formula is C10H18O. The predicted molar refractivity (Wildman–Crippen MR) is 47.5 cm³/mol. The third kappa shape index (κ3) is 1.64. The van der Waals surface area contributed by atoms with Gasteiger partial charge in [0, 0.05) is 5.92 Å². The molecule has 0 N–H and O–H groups in total. The maximum atomic E-state index is 5.87. The van der Waals surface area contributed by atoms with Crippen molar-refractivity contribution in [3.8, 4) is 0 Å². The van der Waals surface area contributed by atoms with Gasteiger partial charge in [0.15, 0.2) is 0 Å². The molecule has 1 aliphatic heterocycles. The van der Waals surface area contributed by atoms with Gasteiger partial charge in [-0.3, -0.25) is 0 Å². The Hall–Kier alpha value is -0.300. The van der Waals surface area contributed by atoms with Gasteiger partial charge >= 0.3 is 0 Å². The number of hydrogen-bond donors (Lipinski definition) is 0. The first kappa shape index (κ1) is 8.79. The molecule has 1 aliphatic rings. The van der Waals surface area contributed by atoms with E-state index in [1.165, 1.54) is 0 Å². The Kier molecular flexibility index (Phi) is 1.87. The molecule has 0 bridgehead atoms. The fourth-order valence-corrected chi connectivity index (χ4v) is 1.97. The molecule has 1 nitrogen and oxygen atoms in total. The van der Waals surface area contributed by atoms with Crippen molar-refractivity contribution in [3.63, 3.8) is 0 Å². The second-order valence-corrected chi connectivity index (χ2v) is 4.51. The maximum absolute atomic E-state index is 5.87. The molecule has 1 atom stereocenters. The van der Waals surface area contributed by atoms with Crippen molar-refractivity contribution < 1.29 is 4.74 Å².